The van der Waals surface area contributed by atoms with Crippen molar-refractivity contribution in [2.45, 2.75) is 45.3 Å². The molecule has 2 atom stereocenters. The Morgan fingerprint density at radius 1 is 1.28 bits per heavy atom. The molecule has 0 aliphatic heterocycles. The van der Waals surface area contributed by atoms with Gasteiger partial charge < -0.3 is 10.1 Å². The van der Waals surface area contributed by atoms with E-state index in [1.807, 2.05) is 0 Å². The fraction of sp³-hybridized carbons (Fsp3) is 0.600. The summed E-state index contributed by atoms with van der Waals surface area (Å²) in [6.45, 7) is 4.55. The van der Waals surface area contributed by atoms with E-state index in [0.29, 0.717) is 17.6 Å². The number of hydrogen-bond donors (Lipinski definition) is 1. The molecule has 0 bridgehead atoms. The fourth-order valence-corrected chi connectivity index (χ4v) is 3.55. The van der Waals surface area contributed by atoms with Gasteiger partial charge in [0.25, 0.3) is 0 Å². The highest BCUT2D eigenvalue weighted by molar-refractivity contribution is 14.1. The zero-order chi connectivity index (χ0) is 13.2. The van der Waals surface area contributed by atoms with Crippen molar-refractivity contribution in [2.75, 3.05) is 7.05 Å². The Balaban J connectivity index is 2.08. The molecule has 2 rings (SSSR count). The molecule has 1 aromatic carbocycles. The van der Waals surface area contributed by atoms with Gasteiger partial charge in [-0.3, -0.25) is 0 Å². The molecule has 1 aromatic rings. The average molecular weight is 359 g/mol. The molecule has 18 heavy (non-hydrogen) atoms. The van der Waals surface area contributed by atoms with Crippen LogP contribution in [0.2, 0.25) is 0 Å². The molecule has 1 aliphatic rings. The van der Waals surface area contributed by atoms with Crippen molar-refractivity contribution in [1.29, 1.82) is 0 Å². The topological polar surface area (TPSA) is 21.3 Å². The van der Waals surface area contributed by atoms with Crippen molar-refractivity contribution < 1.29 is 4.74 Å². The third-order valence-electron chi connectivity index (χ3n) is 4.54. The van der Waals surface area contributed by atoms with Crippen molar-refractivity contribution >= 4 is 22.6 Å². The second kappa shape index (κ2) is 5.78. The minimum Gasteiger partial charge on any atom is -0.490 e. The first-order chi connectivity index (χ1) is 8.66. The zero-order valence-electron chi connectivity index (χ0n) is 11.4. The molecule has 3 heteroatoms. The molecule has 0 saturated heterocycles. The smallest absolute Gasteiger partial charge is 0.119 e. The average Bonchev–Trinajstić information content (AvgIpc) is 2.38. The second-order valence-corrected chi connectivity index (χ2v) is 6.32. The van der Waals surface area contributed by atoms with Gasteiger partial charge in [0.15, 0.2) is 0 Å². The summed E-state index contributed by atoms with van der Waals surface area (Å²) >= 11 is 2.32. The predicted molar refractivity (Wildman–Crippen MR) is 84.1 cm³/mol. The largest absolute Gasteiger partial charge is 0.490 e. The van der Waals surface area contributed by atoms with Gasteiger partial charge >= 0.3 is 0 Å². The maximum absolute atomic E-state index is 6.19. The summed E-state index contributed by atoms with van der Waals surface area (Å²) in [4.78, 5) is 0. The Labute approximate surface area is 124 Å². The molecule has 2 unspecified atom stereocenters. The molecule has 1 saturated carbocycles. The number of hydrogen-bond acceptors (Lipinski definition) is 2. The molecule has 1 aliphatic carbocycles. The normalized spacial score (nSPS) is 25.6. The van der Waals surface area contributed by atoms with Crippen LogP contribution < -0.4 is 10.1 Å². The first-order valence-corrected chi connectivity index (χ1v) is 7.83. The molecule has 1 N–H and O–H groups in total. The molecule has 1 fully saturated rings. The second-order valence-electron chi connectivity index (χ2n) is 5.08. The summed E-state index contributed by atoms with van der Waals surface area (Å²) in [5.41, 5.74) is 0.303. The van der Waals surface area contributed by atoms with E-state index in [0.717, 1.165) is 12.2 Å². The Kier molecular flexibility index (Phi) is 4.54. The molecule has 0 radical (unpaired) electrons. The lowest BCUT2D eigenvalue weighted by molar-refractivity contribution is -0.0835. The maximum Gasteiger partial charge on any atom is 0.119 e. The van der Waals surface area contributed by atoms with Crippen LogP contribution in [-0.2, 0) is 0 Å². The van der Waals surface area contributed by atoms with Gasteiger partial charge in [-0.05, 0) is 66.7 Å². The van der Waals surface area contributed by atoms with E-state index in [4.69, 9.17) is 4.74 Å². The summed E-state index contributed by atoms with van der Waals surface area (Å²) < 4.78 is 7.44. The van der Waals surface area contributed by atoms with Crippen LogP contribution in [0, 0.1) is 8.99 Å². The first-order valence-electron chi connectivity index (χ1n) is 6.75. The van der Waals surface area contributed by atoms with Gasteiger partial charge in [-0.1, -0.05) is 13.8 Å². The van der Waals surface area contributed by atoms with E-state index in [-0.39, 0.29) is 0 Å². The Morgan fingerprint density at radius 3 is 2.39 bits per heavy atom. The highest BCUT2D eigenvalue weighted by Crippen LogP contribution is 2.48. The quantitative estimate of drug-likeness (QED) is 0.807. The van der Waals surface area contributed by atoms with E-state index in [9.17, 15) is 0 Å². The molecule has 0 heterocycles. The summed E-state index contributed by atoms with van der Waals surface area (Å²) in [6, 6.07) is 8.95. The van der Waals surface area contributed by atoms with Gasteiger partial charge in [-0.2, -0.15) is 0 Å². The van der Waals surface area contributed by atoms with Crippen LogP contribution in [0.1, 0.15) is 33.1 Å². The van der Waals surface area contributed by atoms with E-state index in [2.05, 4.69) is 73.1 Å². The van der Waals surface area contributed by atoms with Crippen molar-refractivity contribution in [1.82, 2.24) is 5.32 Å². The zero-order valence-corrected chi connectivity index (χ0v) is 13.5. The lowest BCUT2D eigenvalue weighted by Gasteiger charge is -2.55. The van der Waals surface area contributed by atoms with Crippen LogP contribution >= 0.6 is 22.6 Å². The summed E-state index contributed by atoms with van der Waals surface area (Å²) in [5.74, 6) is 1.00. The van der Waals surface area contributed by atoms with E-state index < -0.39 is 0 Å². The highest BCUT2D eigenvalue weighted by Gasteiger charge is 2.53. The van der Waals surface area contributed by atoms with Crippen LogP contribution in [0.5, 0.6) is 5.75 Å². The number of halogens is 1. The van der Waals surface area contributed by atoms with Crippen LogP contribution in [0.3, 0.4) is 0 Å². The minimum atomic E-state index is 0.303. The third kappa shape index (κ3) is 2.39. The summed E-state index contributed by atoms with van der Waals surface area (Å²) in [5, 5.41) is 3.44. The van der Waals surface area contributed by atoms with Crippen molar-refractivity contribution in [2.24, 2.45) is 5.41 Å². The Morgan fingerprint density at radius 2 is 1.89 bits per heavy atom. The van der Waals surface area contributed by atoms with Crippen molar-refractivity contribution in [3.05, 3.63) is 27.8 Å². The van der Waals surface area contributed by atoms with Crippen LogP contribution in [0.25, 0.3) is 0 Å². The number of benzene rings is 1. The number of nitrogens with one attached hydrogen (secondary N) is 1. The first kappa shape index (κ1) is 14.1. The van der Waals surface area contributed by atoms with Crippen molar-refractivity contribution in [3.8, 4) is 5.75 Å². The van der Waals surface area contributed by atoms with Gasteiger partial charge in [-0.15, -0.1) is 0 Å². The van der Waals surface area contributed by atoms with E-state index >= 15 is 0 Å². The molecule has 0 spiro atoms. The Hall–Kier alpha value is -0.290. The molecular formula is C15H22INO. The van der Waals surface area contributed by atoms with E-state index in [1.165, 1.54) is 16.4 Å². The van der Waals surface area contributed by atoms with Crippen molar-refractivity contribution in [3.63, 3.8) is 0 Å². The monoisotopic (exact) mass is 359 g/mol. The van der Waals surface area contributed by atoms with Gasteiger partial charge in [0, 0.05) is 21.4 Å². The third-order valence-corrected chi connectivity index (χ3v) is 5.26. The maximum atomic E-state index is 6.19. The molecule has 100 valence electrons. The summed E-state index contributed by atoms with van der Waals surface area (Å²) in [6.07, 6.45) is 3.81. The minimum absolute atomic E-state index is 0.303. The molecule has 0 amide bonds. The molecule has 2 nitrogen and oxygen atoms in total. The van der Waals surface area contributed by atoms with Crippen LogP contribution in [0.15, 0.2) is 24.3 Å². The summed E-state index contributed by atoms with van der Waals surface area (Å²) in [7, 11) is 2.06. The lowest BCUT2D eigenvalue weighted by Crippen LogP contribution is -2.63. The van der Waals surface area contributed by atoms with Gasteiger partial charge in [-0.25, -0.2) is 0 Å². The highest BCUT2D eigenvalue weighted by atomic mass is 127. The van der Waals surface area contributed by atoms with E-state index in [1.54, 1.807) is 0 Å². The predicted octanol–water partition coefficient (Wildman–Crippen LogP) is 3.84. The van der Waals surface area contributed by atoms with Gasteiger partial charge in [0.1, 0.15) is 11.9 Å². The number of ether oxygens (including phenoxy) is 1. The lowest BCUT2D eigenvalue weighted by atomic mass is 9.58. The standard InChI is InChI=1S/C15H22INO/c1-4-15(5-2)13(17-3)10-14(15)18-12-8-6-11(16)7-9-12/h6-9,13-14,17H,4-5,10H2,1-3H3. The Bertz CT molecular complexity index is 386. The van der Waals surface area contributed by atoms with Crippen LogP contribution in [-0.4, -0.2) is 19.2 Å². The molecular weight excluding hydrogens is 337 g/mol. The van der Waals surface area contributed by atoms with Crippen LogP contribution in [0.4, 0.5) is 0 Å². The molecule has 0 aromatic heterocycles. The number of rotatable bonds is 5. The van der Waals surface area contributed by atoms with Gasteiger partial charge in [0.05, 0.1) is 0 Å². The SMILES string of the molecule is CCC1(CC)C(NC)CC1Oc1ccc(I)cc1. The van der Waals surface area contributed by atoms with Gasteiger partial charge in [0.2, 0.25) is 0 Å². The fourth-order valence-electron chi connectivity index (χ4n) is 3.19.